The lowest BCUT2D eigenvalue weighted by Crippen LogP contribution is -2.51. The van der Waals surface area contributed by atoms with Gasteiger partial charge in [0.2, 0.25) is 0 Å². The van der Waals surface area contributed by atoms with E-state index in [9.17, 15) is 4.79 Å². The van der Waals surface area contributed by atoms with Crippen LogP contribution in [0.4, 0.5) is 5.82 Å². The molecular formula is C18H27N5O2. The van der Waals surface area contributed by atoms with E-state index in [-0.39, 0.29) is 12.0 Å². The van der Waals surface area contributed by atoms with Gasteiger partial charge in [0.15, 0.2) is 0 Å². The number of rotatable bonds is 3. The van der Waals surface area contributed by atoms with Gasteiger partial charge in [-0.3, -0.25) is 4.79 Å². The van der Waals surface area contributed by atoms with Crippen molar-refractivity contribution < 1.29 is 9.53 Å². The number of amides is 1. The molecule has 1 aromatic rings. The minimum Gasteiger partial charge on any atom is -0.366 e. The van der Waals surface area contributed by atoms with Crippen molar-refractivity contribution in [1.82, 2.24) is 20.2 Å². The zero-order valence-corrected chi connectivity index (χ0v) is 14.7. The third-order valence-electron chi connectivity index (χ3n) is 5.53. The lowest BCUT2D eigenvalue weighted by molar-refractivity contribution is -0.146. The number of hydrogen-bond acceptors (Lipinski definition) is 6. The lowest BCUT2D eigenvalue weighted by Gasteiger charge is -2.35. The minimum atomic E-state index is -0.314. The summed E-state index contributed by atoms with van der Waals surface area (Å²) in [7, 11) is 0. The molecule has 25 heavy (non-hydrogen) atoms. The van der Waals surface area contributed by atoms with Gasteiger partial charge in [0, 0.05) is 56.9 Å². The van der Waals surface area contributed by atoms with E-state index in [1.165, 1.54) is 12.8 Å². The number of morpholine rings is 1. The molecule has 1 amide bonds. The van der Waals surface area contributed by atoms with E-state index in [4.69, 9.17) is 4.74 Å². The van der Waals surface area contributed by atoms with Crippen molar-refractivity contribution in [2.75, 3.05) is 50.8 Å². The van der Waals surface area contributed by atoms with Crippen molar-refractivity contribution in [3.8, 4) is 0 Å². The van der Waals surface area contributed by atoms with E-state index in [0.29, 0.717) is 19.1 Å². The first-order valence-corrected chi connectivity index (χ1v) is 9.49. The van der Waals surface area contributed by atoms with Crippen LogP contribution in [-0.2, 0) is 9.53 Å². The van der Waals surface area contributed by atoms with E-state index < -0.39 is 0 Å². The molecule has 0 aliphatic carbocycles. The van der Waals surface area contributed by atoms with E-state index >= 15 is 0 Å². The van der Waals surface area contributed by atoms with Gasteiger partial charge < -0.3 is 19.9 Å². The number of aromatic nitrogens is 2. The molecule has 1 unspecified atom stereocenters. The third kappa shape index (κ3) is 3.77. The number of carbonyl (C=O) groups is 1. The smallest absolute Gasteiger partial charge is 0.253 e. The predicted molar refractivity (Wildman–Crippen MR) is 94.6 cm³/mol. The van der Waals surface area contributed by atoms with Crippen molar-refractivity contribution in [1.29, 1.82) is 0 Å². The van der Waals surface area contributed by atoms with Crippen LogP contribution < -0.4 is 10.2 Å². The van der Waals surface area contributed by atoms with Crippen LogP contribution in [0.25, 0.3) is 0 Å². The molecule has 4 heterocycles. The van der Waals surface area contributed by atoms with Crippen molar-refractivity contribution >= 4 is 11.7 Å². The van der Waals surface area contributed by atoms with Crippen LogP contribution in [0.1, 0.15) is 37.3 Å². The monoisotopic (exact) mass is 345 g/mol. The summed E-state index contributed by atoms with van der Waals surface area (Å²) in [5.74, 6) is 1.60. The average molecular weight is 345 g/mol. The molecule has 0 radical (unpaired) electrons. The highest BCUT2D eigenvalue weighted by atomic mass is 16.5. The Morgan fingerprint density at radius 2 is 1.96 bits per heavy atom. The maximum atomic E-state index is 12.6. The largest absolute Gasteiger partial charge is 0.366 e. The summed E-state index contributed by atoms with van der Waals surface area (Å²) >= 11 is 0. The van der Waals surface area contributed by atoms with Crippen LogP contribution in [-0.4, -0.2) is 72.8 Å². The molecule has 136 valence electrons. The summed E-state index contributed by atoms with van der Waals surface area (Å²) in [6.07, 6.45) is 5.80. The second kappa shape index (κ2) is 7.66. The lowest BCUT2D eigenvalue weighted by atomic mass is 9.93. The second-order valence-electron chi connectivity index (χ2n) is 7.16. The Balaban J connectivity index is 1.35. The Kier molecular flexibility index (Phi) is 5.12. The maximum absolute atomic E-state index is 12.6. The minimum absolute atomic E-state index is 0.131. The first kappa shape index (κ1) is 16.7. The molecule has 3 aliphatic heterocycles. The van der Waals surface area contributed by atoms with Crippen molar-refractivity contribution in [2.24, 2.45) is 0 Å². The number of nitrogens with one attached hydrogen (secondary N) is 1. The topological polar surface area (TPSA) is 70.6 Å². The molecule has 0 spiro atoms. The zero-order chi connectivity index (χ0) is 17.1. The standard InChI is InChI=1S/C18H27N5O2/c24-18(16-12-19-5-10-25-16)23-8-3-14(4-9-23)15-11-17(21-13-20-15)22-6-1-2-7-22/h11,13-14,16,19H,1-10,12H2. The molecule has 7 heteroatoms. The number of piperidine rings is 1. The molecule has 0 saturated carbocycles. The van der Waals surface area contributed by atoms with Gasteiger partial charge in [-0.25, -0.2) is 9.97 Å². The molecule has 3 aliphatic rings. The Bertz CT molecular complexity index is 591. The fourth-order valence-electron chi connectivity index (χ4n) is 4.03. The van der Waals surface area contributed by atoms with Crippen LogP contribution in [0.2, 0.25) is 0 Å². The summed E-state index contributed by atoms with van der Waals surface area (Å²) in [6, 6.07) is 2.15. The first-order valence-electron chi connectivity index (χ1n) is 9.49. The van der Waals surface area contributed by atoms with E-state index in [1.807, 2.05) is 4.90 Å². The summed E-state index contributed by atoms with van der Waals surface area (Å²) in [6.45, 7) is 5.84. The first-order chi connectivity index (χ1) is 12.3. The molecule has 3 fully saturated rings. The van der Waals surface area contributed by atoms with E-state index in [0.717, 1.165) is 57.1 Å². The second-order valence-corrected chi connectivity index (χ2v) is 7.16. The van der Waals surface area contributed by atoms with E-state index in [2.05, 4.69) is 26.3 Å². The quantitative estimate of drug-likeness (QED) is 0.873. The number of hydrogen-bond donors (Lipinski definition) is 1. The summed E-state index contributed by atoms with van der Waals surface area (Å²) in [5.41, 5.74) is 1.12. The molecule has 4 rings (SSSR count). The Morgan fingerprint density at radius 3 is 2.68 bits per heavy atom. The van der Waals surface area contributed by atoms with Gasteiger partial charge in [0.25, 0.3) is 5.91 Å². The molecule has 1 aromatic heterocycles. The molecule has 1 atom stereocenters. The average Bonchev–Trinajstić information content (AvgIpc) is 3.23. The Labute approximate surface area is 148 Å². The predicted octanol–water partition coefficient (Wildman–Crippen LogP) is 0.771. The van der Waals surface area contributed by atoms with Crippen LogP contribution in [0.5, 0.6) is 0 Å². The van der Waals surface area contributed by atoms with Crippen molar-refractivity contribution in [3.63, 3.8) is 0 Å². The number of likely N-dealkylation sites (tertiary alicyclic amines) is 1. The third-order valence-corrected chi connectivity index (χ3v) is 5.53. The highest BCUT2D eigenvalue weighted by molar-refractivity contribution is 5.81. The normalized spacial score (nSPS) is 25.4. The fraction of sp³-hybridized carbons (Fsp3) is 0.722. The number of carbonyl (C=O) groups excluding carboxylic acids is 1. The summed E-state index contributed by atoms with van der Waals surface area (Å²) in [4.78, 5) is 25.8. The number of nitrogens with zero attached hydrogens (tertiary/aromatic N) is 4. The molecule has 3 saturated heterocycles. The van der Waals surface area contributed by atoms with Gasteiger partial charge in [-0.05, 0) is 25.7 Å². The highest BCUT2D eigenvalue weighted by Gasteiger charge is 2.31. The maximum Gasteiger partial charge on any atom is 0.253 e. The summed E-state index contributed by atoms with van der Waals surface area (Å²) in [5, 5.41) is 3.23. The zero-order valence-electron chi connectivity index (χ0n) is 14.7. The van der Waals surface area contributed by atoms with Gasteiger partial charge >= 0.3 is 0 Å². The summed E-state index contributed by atoms with van der Waals surface area (Å²) < 4.78 is 5.60. The molecular weight excluding hydrogens is 318 g/mol. The fourth-order valence-corrected chi connectivity index (χ4v) is 4.03. The van der Waals surface area contributed by atoms with Gasteiger partial charge in [0.1, 0.15) is 18.2 Å². The Hall–Kier alpha value is -1.73. The SMILES string of the molecule is O=C(C1CNCCO1)N1CCC(c2cc(N3CCCC3)ncn2)CC1. The molecule has 7 nitrogen and oxygen atoms in total. The van der Waals surface area contributed by atoms with Crippen LogP contribution in [0.3, 0.4) is 0 Å². The van der Waals surface area contributed by atoms with Crippen LogP contribution in [0.15, 0.2) is 12.4 Å². The number of ether oxygens (including phenoxy) is 1. The van der Waals surface area contributed by atoms with Crippen molar-refractivity contribution in [2.45, 2.75) is 37.7 Å². The molecule has 0 bridgehead atoms. The van der Waals surface area contributed by atoms with Gasteiger partial charge in [-0.15, -0.1) is 0 Å². The van der Waals surface area contributed by atoms with Gasteiger partial charge in [0.05, 0.1) is 6.61 Å². The Morgan fingerprint density at radius 1 is 1.16 bits per heavy atom. The van der Waals surface area contributed by atoms with Crippen LogP contribution in [0, 0.1) is 0 Å². The highest BCUT2D eigenvalue weighted by Crippen LogP contribution is 2.29. The van der Waals surface area contributed by atoms with E-state index in [1.54, 1.807) is 6.33 Å². The molecule has 1 N–H and O–H groups in total. The van der Waals surface area contributed by atoms with Crippen molar-refractivity contribution in [3.05, 3.63) is 18.1 Å². The number of anilines is 1. The van der Waals surface area contributed by atoms with Gasteiger partial charge in [-0.2, -0.15) is 0 Å². The van der Waals surface area contributed by atoms with Gasteiger partial charge in [-0.1, -0.05) is 0 Å². The molecule has 0 aromatic carbocycles. The van der Waals surface area contributed by atoms with Crippen LogP contribution >= 0.6 is 0 Å².